The molecule has 3 rings (SSSR count). The quantitative estimate of drug-likeness (QED) is 0.357. The summed E-state index contributed by atoms with van der Waals surface area (Å²) in [6.07, 6.45) is 0. The fraction of sp³-hybridized carbons (Fsp3) is 0.0769. The van der Waals surface area contributed by atoms with E-state index in [1.807, 2.05) is 0 Å². The second kappa shape index (κ2) is 5.37. The van der Waals surface area contributed by atoms with Crippen LogP contribution in [0.15, 0.2) is 44.0 Å². The van der Waals surface area contributed by atoms with E-state index in [-0.39, 0.29) is 4.83 Å². The van der Waals surface area contributed by atoms with E-state index in [4.69, 9.17) is 0 Å². The number of hydrogen-bond acceptors (Lipinski definition) is 2. The van der Waals surface area contributed by atoms with Gasteiger partial charge in [0, 0.05) is 14.0 Å². The monoisotopic (exact) mass is 464 g/mol. The molecule has 0 bridgehead atoms. The number of thiophene rings is 2. The fourth-order valence-electron chi connectivity index (χ4n) is 1.84. The van der Waals surface area contributed by atoms with Crippen molar-refractivity contribution in [3.63, 3.8) is 0 Å². The molecule has 0 aliphatic rings. The van der Waals surface area contributed by atoms with Crippen LogP contribution in [0.3, 0.4) is 0 Å². The molecule has 92 valence electrons. The number of hydrogen-bond donors (Lipinski definition) is 0. The van der Waals surface area contributed by atoms with Crippen LogP contribution in [-0.4, -0.2) is 0 Å². The van der Waals surface area contributed by atoms with Gasteiger partial charge < -0.3 is 0 Å². The Morgan fingerprint density at radius 2 is 1.89 bits per heavy atom. The Labute approximate surface area is 138 Å². The largest absolute Gasteiger partial charge is 0.143 e. The zero-order chi connectivity index (χ0) is 12.7. The van der Waals surface area contributed by atoms with Gasteiger partial charge in [0.15, 0.2) is 0 Å². The SMILES string of the molecule is Brc1cc(C(Br)c2csc3ccccc23)sc1Br. The van der Waals surface area contributed by atoms with E-state index in [0.29, 0.717) is 0 Å². The first-order valence-corrected chi connectivity index (χ1v) is 9.41. The van der Waals surface area contributed by atoms with Crippen molar-refractivity contribution < 1.29 is 0 Å². The Hall–Kier alpha value is 0.320. The van der Waals surface area contributed by atoms with E-state index in [1.165, 1.54) is 20.5 Å². The Morgan fingerprint density at radius 1 is 1.11 bits per heavy atom. The lowest BCUT2D eigenvalue weighted by atomic mass is 10.1. The Bertz CT molecular complexity index is 680. The van der Waals surface area contributed by atoms with E-state index in [9.17, 15) is 0 Å². The normalized spacial score (nSPS) is 13.1. The molecule has 0 amide bonds. The van der Waals surface area contributed by atoms with Gasteiger partial charge in [-0.2, -0.15) is 0 Å². The highest BCUT2D eigenvalue weighted by Gasteiger charge is 2.18. The van der Waals surface area contributed by atoms with Crippen LogP contribution >= 0.6 is 70.5 Å². The molecule has 2 aromatic heterocycles. The molecule has 0 fully saturated rings. The zero-order valence-corrected chi connectivity index (χ0v) is 15.4. The summed E-state index contributed by atoms with van der Waals surface area (Å²) in [6.45, 7) is 0. The van der Waals surface area contributed by atoms with Crippen molar-refractivity contribution in [3.05, 3.63) is 54.4 Å². The lowest BCUT2D eigenvalue weighted by Gasteiger charge is -2.06. The Balaban J connectivity index is 2.09. The van der Waals surface area contributed by atoms with Crippen molar-refractivity contribution in [3.8, 4) is 0 Å². The minimum absolute atomic E-state index is 0.251. The maximum Gasteiger partial charge on any atom is 0.0843 e. The van der Waals surface area contributed by atoms with Crippen LogP contribution in [-0.2, 0) is 0 Å². The molecule has 3 aromatic rings. The van der Waals surface area contributed by atoms with Gasteiger partial charge in [-0.1, -0.05) is 34.1 Å². The van der Waals surface area contributed by atoms with Crippen LogP contribution in [0.5, 0.6) is 0 Å². The summed E-state index contributed by atoms with van der Waals surface area (Å²) in [6, 6.07) is 10.7. The molecule has 1 unspecified atom stereocenters. The predicted octanol–water partition coefficient (Wildman–Crippen LogP) is 6.97. The molecule has 0 radical (unpaired) electrons. The maximum absolute atomic E-state index is 3.82. The van der Waals surface area contributed by atoms with Gasteiger partial charge in [0.1, 0.15) is 0 Å². The van der Waals surface area contributed by atoms with Crippen molar-refractivity contribution in [2.75, 3.05) is 0 Å². The van der Waals surface area contributed by atoms with Crippen molar-refractivity contribution in [2.45, 2.75) is 4.83 Å². The van der Waals surface area contributed by atoms with Gasteiger partial charge in [-0.05, 0) is 60.3 Å². The van der Waals surface area contributed by atoms with Crippen LogP contribution < -0.4 is 0 Å². The molecule has 2 heterocycles. The molecule has 1 aromatic carbocycles. The third-order valence-electron chi connectivity index (χ3n) is 2.70. The number of benzene rings is 1. The van der Waals surface area contributed by atoms with Crippen LogP contribution in [0.25, 0.3) is 10.1 Å². The standard InChI is InChI=1S/C13H7Br3S2/c14-9-5-11(18-13(9)16)12(15)8-6-17-10-4-2-1-3-7(8)10/h1-6,12H. The lowest BCUT2D eigenvalue weighted by Crippen LogP contribution is -1.86. The summed E-state index contributed by atoms with van der Waals surface area (Å²) >= 11 is 14.5. The second-order valence-electron chi connectivity index (χ2n) is 3.82. The third kappa shape index (κ3) is 2.36. The predicted molar refractivity (Wildman–Crippen MR) is 92.3 cm³/mol. The number of fused-ring (bicyclic) bond motifs is 1. The third-order valence-corrected chi connectivity index (χ3v) is 8.29. The number of halogens is 3. The minimum Gasteiger partial charge on any atom is -0.143 e. The zero-order valence-electron chi connectivity index (χ0n) is 8.99. The van der Waals surface area contributed by atoms with Crippen molar-refractivity contribution in [2.24, 2.45) is 0 Å². The summed E-state index contributed by atoms with van der Waals surface area (Å²) in [5.41, 5.74) is 1.34. The van der Waals surface area contributed by atoms with Gasteiger partial charge in [-0.25, -0.2) is 0 Å². The first kappa shape index (κ1) is 13.3. The van der Waals surface area contributed by atoms with Gasteiger partial charge in [0.25, 0.3) is 0 Å². The molecule has 0 saturated carbocycles. The average molecular weight is 467 g/mol. The summed E-state index contributed by atoms with van der Waals surface area (Å²) in [5.74, 6) is 0. The van der Waals surface area contributed by atoms with E-state index < -0.39 is 0 Å². The lowest BCUT2D eigenvalue weighted by molar-refractivity contribution is 1.26. The average Bonchev–Trinajstić information content (AvgIpc) is 2.93. The first-order valence-electron chi connectivity index (χ1n) is 5.21. The molecule has 1 atom stereocenters. The molecular formula is C13H7Br3S2. The minimum atomic E-state index is 0.251. The van der Waals surface area contributed by atoms with Crippen LogP contribution in [0.1, 0.15) is 15.3 Å². The molecule has 5 heteroatoms. The molecule has 18 heavy (non-hydrogen) atoms. The summed E-state index contributed by atoms with van der Waals surface area (Å²) in [7, 11) is 0. The smallest absolute Gasteiger partial charge is 0.0843 e. The fourth-order valence-corrected chi connectivity index (χ4v) is 5.88. The van der Waals surface area contributed by atoms with Crippen molar-refractivity contribution in [1.82, 2.24) is 0 Å². The highest BCUT2D eigenvalue weighted by atomic mass is 79.9. The van der Waals surface area contributed by atoms with Crippen LogP contribution in [0.2, 0.25) is 0 Å². The summed E-state index contributed by atoms with van der Waals surface area (Å²) in [4.78, 5) is 1.55. The molecule has 0 nitrogen and oxygen atoms in total. The summed E-state index contributed by atoms with van der Waals surface area (Å²) < 4.78 is 3.60. The number of rotatable bonds is 2. The van der Waals surface area contributed by atoms with E-state index >= 15 is 0 Å². The van der Waals surface area contributed by atoms with E-state index in [0.717, 1.165) is 8.26 Å². The molecule has 0 aliphatic carbocycles. The van der Waals surface area contributed by atoms with Gasteiger partial charge in [0.05, 0.1) is 8.61 Å². The summed E-state index contributed by atoms with van der Waals surface area (Å²) in [5, 5.41) is 3.58. The highest BCUT2D eigenvalue weighted by Crippen LogP contribution is 2.44. The molecule has 0 spiro atoms. The first-order chi connectivity index (χ1) is 8.66. The van der Waals surface area contributed by atoms with Gasteiger partial charge >= 0.3 is 0 Å². The van der Waals surface area contributed by atoms with Gasteiger partial charge in [0.2, 0.25) is 0 Å². The van der Waals surface area contributed by atoms with Crippen molar-refractivity contribution >= 4 is 80.5 Å². The number of alkyl halides is 1. The Kier molecular flexibility index (Phi) is 3.97. The van der Waals surface area contributed by atoms with Crippen LogP contribution in [0, 0.1) is 0 Å². The molecule has 0 N–H and O–H groups in total. The highest BCUT2D eigenvalue weighted by molar-refractivity contribution is 9.13. The van der Waals surface area contributed by atoms with Crippen molar-refractivity contribution in [1.29, 1.82) is 0 Å². The van der Waals surface area contributed by atoms with Crippen LogP contribution in [0.4, 0.5) is 0 Å². The topological polar surface area (TPSA) is 0 Å². The molecular weight excluding hydrogens is 460 g/mol. The Morgan fingerprint density at radius 3 is 2.61 bits per heavy atom. The second-order valence-corrected chi connectivity index (χ2v) is 8.90. The van der Waals surface area contributed by atoms with E-state index in [2.05, 4.69) is 83.5 Å². The molecule has 0 saturated heterocycles. The maximum atomic E-state index is 3.82. The van der Waals surface area contributed by atoms with Gasteiger partial charge in [-0.3, -0.25) is 0 Å². The molecule has 0 aliphatic heterocycles. The van der Waals surface area contributed by atoms with Gasteiger partial charge in [-0.15, -0.1) is 22.7 Å². The van der Waals surface area contributed by atoms with E-state index in [1.54, 1.807) is 22.7 Å².